The van der Waals surface area contributed by atoms with Gasteiger partial charge in [0, 0.05) is 29.4 Å². The maximum absolute atomic E-state index is 12.0. The molecular formula is C18H17N3O4S. The van der Waals surface area contributed by atoms with Crippen molar-refractivity contribution >= 4 is 39.0 Å². The lowest BCUT2D eigenvalue weighted by atomic mass is 10.2. The largest absolute Gasteiger partial charge is 0.462 e. The number of amides is 1. The molecule has 2 heterocycles. The molecule has 0 unspecified atom stereocenters. The number of carbonyl (C=O) groups is 2. The van der Waals surface area contributed by atoms with Gasteiger partial charge in [-0.3, -0.25) is 9.78 Å². The van der Waals surface area contributed by atoms with Crippen LogP contribution in [0, 0.1) is 0 Å². The van der Waals surface area contributed by atoms with Crippen LogP contribution < -0.4 is 15.8 Å². The molecule has 0 atom stereocenters. The molecule has 2 aromatic heterocycles. The number of rotatable bonds is 5. The molecule has 0 aliphatic carbocycles. The zero-order valence-electron chi connectivity index (χ0n) is 14.2. The molecule has 7 nitrogen and oxygen atoms in total. The van der Waals surface area contributed by atoms with Gasteiger partial charge in [0.25, 0.3) is 5.91 Å². The van der Waals surface area contributed by atoms with Crippen LogP contribution in [0.1, 0.15) is 27.1 Å². The third-order valence-electron chi connectivity index (χ3n) is 3.59. The second-order valence-electron chi connectivity index (χ2n) is 5.28. The Bertz CT molecular complexity index is 984. The van der Waals surface area contributed by atoms with E-state index in [-0.39, 0.29) is 18.2 Å². The minimum atomic E-state index is -0.432. The van der Waals surface area contributed by atoms with Gasteiger partial charge in [0.05, 0.1) is 12.3 Å². The molecule has 134 valence electrons. The smallest absolute Gasteiger partial charge is 0.350 e. The van der Waals surface area contributed by atoms with Gasteiger partial charge in [-0.05, 0) is 31.2 Å². The summed E-state index contributed by atoms with van der Waals surface area (Å²) in [5.74, 6) is 0.311. The van der Waals surface area contributed by atoms with Gasteiger partial charge in [0.1, 0.15) is 22.1 Å². The summed E-state index contributed by atoms with van der Waals surface area (Å²) in [6.45, 7) is 2.03. The van der Waals surface area contributed by atoms with Crippen molar-refractivity contribution < 1.29 is 19.1 Å². The van der Waals surface area contributed by atoms with Crippen molar-refractivity contribution in [3.05, 3.63) is 47.1 Å². The molecule has 0 bridgehead atoms. The Morgan fingerprint density at radius 2 is 2.00 bits per heavy atom. The quantitative estimate of drug-likeness (QED) is 0.668. The molecule has 3 aromatic rings. The molecule has 0 fully saturated rings. The summed E-state index contributed by atoms with van der Waals surface area (Å²) in [5.41, 5.74) is 6.72. The third kappa shape index (κ3) is 3.45. The molecular weight excluding hydrogens is 354 g/mol. The zero-order chi connectivity index (χ0) is 18.7. The molecule has 1 amide bonds. The first-order valence-electron chi connectivity index (χ1n) is 7.88. The van der Waals surface area contributed by atoms with E-state index in [1.54, 1.807) is 37.3 Å². The van der Waals surface area contributed by atoms with Crippen molar-refractivity contribution in [1.29, 1.82) is 0 Å². The van der Waals surface area contributed by atoms with Crippen LogP contribution in [0.25, 0.3) is 10.1 Å². The van der Waals surface area contributed by atoms with E-state index in [4.69, 9.17) is 15.2 Å². The number of nitrogen functional groups attached to an aromatic ring is 1. The van der Waals surface area contributed by atoms with Crippen LogP contribution in [0.2, 0.25) is 0 Å². The lowest BCUT2D eigenvalue weighted by Gasteiger charge is -2.07. The van der Waals surface area contributed by atoms with E-state index in [0.29, 0.717) is 22.1 Å². The van der Waals surface area contributed by atoms with Crippen LogP contribution >= 0.6 is 11.3 Å². The highest BCUT2D eigenvalue weighted by Gasteiger charge is 2.18. The van der Waals surface area contributed by atoms with Crippen molar-refractivity contribution in [2.75, 3.05) is 19.4 Å². The summed E-state index contributed by atoms with van der Waals surface area (Å²) in [6.07, 6.45) is 1.50. The molecule has 0 aliphatic rings. The fourth-order valence-electron chi connectivity index (χ4n) is 2.37. The number of pyridine rings is 1. The first kappa shape index (κ1) is 17.7. The minimum absolute atomic E-state index is 0.260. The van der Waals surface area contributed by atoms with E-state index in [1.807, 2.05) is 0 Å². The second-order valence-corrected chi connectivity index (χ2v) is 6.33. The predicted molar refractivity (Wildman–Crippen MR) is 99.9 cm³/mol. The van der Waals surface area contributed by atoms with Gasteiger partial charge in [-0.2, -0.15) is 0 Å². The number of nitrogens with one attached hydrogen (secondary N) is 1. The Balaban J connectivity index is 1.90. The van der Waals surface area contributed by atoms with E-state index < -0.39 is 5.97 Å². The number of thiophene rings is 1. The number of benzene rings is 1. The van der Waals surface area contributed by atoms with Crippen LogP contribution in [-0.4, -0.2) is 30.5 Å². The Morgan fingerprint density at radius 1 is 1.23 bits per heavy atom. The fourth-order valence-corrected chi connectivity index (χ4v) is 3.42. The molecule has 26 heavy (non-hydrogen) atoms. The van der Waals surface area contributed by atoms with Crippen molar-refractivity contribution in [2.24, 2.45) is 0 Å². The number of nitrogens with zero attached hydrogens (tertiary/aromatic N) is 1. The van der Waals surface area contributed by atoms with Gasteiger partial charge in [-0.25, -0.2) is 4.79 Å². The average Bonchev–Trinajstić information content (AvgIpc) is 2.97. The van der Waals surface area contributed by atoms with E-state index in [1.165, 1.54) is 24.6 Å². The SMILES string of the molecule is CCOC(=O)c1sc2cc(Oc3ccnc(C(=O)NC)c3)ccc2c1N. The number of nitrogens with two attached hydrogens (primary N) is 1. The van der Waals surface area contributed by atoms with Gasteiger partial charge < -0.3 is 20.5 Å². The van der Waals surface area contributed by atoms with Crippen LogP contribution in [0.3, 0.4) is 0 Å². The van der Waals surface area contributed by atoms with Crippen LogP contribution in [0.15, 0.2) is 36.5 Å². The number of carbonyl (C=O) groups excluding carboxylic acids is 2. The molecule has 0 spiro atoms. The highest BCUT2D eigenvalue weighted by atomic mass is 32.1. The van der Waals surface area contributed by atoms with Crippen molar-refractivity contribution in [3.8, 4) is 11.5 Å². The Morgan fingerprint density at radius 3 is 2.73 bits per heavy atom. The highest BCUT2D eigenvalue weighted by molar-refractivity contribution is 7.21. The van der Waals surface area contributed by atoms with E-state index >= 15 is 0 Å². The summed E-state index contributed by atoms with van der Waals surface area (Å²) in [7, 11) is 1.54. The molecule has 0 aliphatic heterocycles. The molecule has 1 aromatic carbocycles. The number of aromatic nitrogens is 1. The third-order valence-corrected chi connectivity index (χ3v) is 4.74. The highest BCUT2D eigenvalue weighted by Crippen LogP contribution is 2.37. The van der Waals surface area contributed by atoms with Gasteiger partial charge in [-0.15, -0.1) is 11.3 Å². The summed E-state index contributed by atoms with van der Waals surface area (Å²) in [5, 5.41) is 3.28. The predicted octanol–water partition coefficient (Wildman–Crippen LogP) is 3.21. The number of esters is 1. The Hall–Kier alpha value is -3.13. The first-order valence-corrected chi connectivity index (χ1v) is 8.70. The number of fused-ring (bicyclic) bond motifs is 1. The minimum Gasteiger partial charge on any atom is -0.462 e. The summed E-state index contributed by atoms with van der Waals surface area (Å²) < 4.78 is 11.6. The van der Waals surface area contributed by atoms with Crippen LogP contribution in [-0.2, 0) is 4.74 Å². The Labute approximate surface area is 153 Å². The first-order chi connectivity index (χ1) is 12.5. The van der Waals surface area contributed by atoms with E-state index in [0.717, 1.165) is 10.1 Å². The Kier molecular flexibility index (Phi) is 5.04. The number of hydrogen-bond donors (Lipinski definition) is 2. The maximum Gasteiger partial charge on any atom is 0.350 e. The standard InChI is InChI=1S/C18H17N3O4S/c1-3-24-18(23)16-15(19)12-5-4-10(9-14(12)26-16)25-11-6-7-21-13(8-11)17(22)20-2/h4-9H,3,19H2,1-2H3,(H,20,22). The molecule has 0 saturated carbocycles. The van der Waals surface area contributed by atoms with Gasteiger partial charge in [0.15, 0.2) is 0 Å². The summed E-state index contributed by atoms with van der Waals surface area (Å²) >= 11 is 1.25. The normalized spacial score (nSPS) is 10.5. The average molecular weight is 371 g/mol. The molecule has 0 saturated heterocycles. The molecule has 8 heteroatoms. The number of anilines is 1. The second kappa shape index (κ2) is 7.40. The lowest BCUT2D eigenvalue weighted by Crippen LogP contribution is -2.18. The van der Waals surface area contributed by atoms with Crippen molar-refractivity contribution in [3.63, 3.8) is 0 Å². The monoisotopic (exact) mass is 371 g/mol. The lowest BCUT2D eigenvalue weighted by molar-refractivity contribution is 0.0533. The van der Waals surface area contributed by atoms with E-state index in [9.17, 15) is 9.59 Å². The van der Waals surface area contributed by atoms with Crippen LogP contribution in [0.4, 0.5) is 5.69 Å². The van der Waals surface area contributed by atoms with Crippen LogP contribution in [0.5, 0.6) is 11.5 Å². The van der Waals surface area contributed by atoms with Gasteiger partial charge in [0.2, 0.25) is 0 Å². The van der Waals surface area contributed by atoms with Gasteiger partial charge in [-0.1, -0.05) is 0 Å². The van der Waals surface area contributed by atoms with Crippen molar-refractivity contribution in [1.82, 2.24) is 10.3 Å². The number of ether oxygens (including phenoxy) is 2. The maximum atomic E-state index is 12.0. The summed E-state index contributed by atoms with van der Waals surface area (Å²) in [6, 6.07) is 8.54. The number of hydrogen-bond acceptors (Lipinski definition) is 7. The fraction of sp³-hybridized carbons (Fsp3) is 0.167. The van der Waals surface area contributed by atoms with E-state index in [2.05, 4.69) is 10.3 Å². The molecule has 0 radical (unpaired) electrons. The molecule has 3 N–H and O–H groups in total. The molecule has 3 rings (SSSR count). The summed E-state index contributed by atoms with van der Waals surface area (Å²) in [4.78, 5) is 28.0. The van der Waals surface area contributed by atoms with Gasteiger partial charge >= 0.3 is 5.97 Å². The van der Waals surface area contributed by atoms with Crippen molar-refractivity contribution in [2.45, 2.75) is 6.92 Å². The zero-order valence-corrected chi connectivity index (χ0v) is 15.1. The topological polar surface area (TPSA) is 104 Å².